The van der Waals surface area contributed by atoms with Crippen molar-refractivity contribution in [3.05, 3.63) is 65.7 Å². The third-order valence-electron chi connectivity index (χ3n) is 4.23. The lowest BCUT2D eigenvalue weighted by Crippen LogP contribution is -2.39. The van der Waals surface area contributed by atoms with Crippen molar-refractivity contribution >= 4 is 17.6 Å². The Balaban J connectivity index is 2.03. The first-order valence-electron chi connectivity index (χ1n) is 8.34. The summed E-state index contributed by atoms with van der Waals surface area (Å²) in [5.41, 5.74) is 2.73. The molecule has 0 spiro atoms. The van der Waals surface area contributed by atoms with Gasteiger partial charge < -0.3 is 15.5 Å². The number of carbonyl (C=O) groups is 2. The van der Waals surface area contributed by atoms with E-state index in [4.69, 9.17) is 0 Å². The van der Waals surface area contributed by atoms with Gasteiger partial charge in [-0.05, 0) is 37.1 Å². The number of carbonyl (C=O) groups excluding carboxylic acids is 2. The van der Waals surface area contributed by atoms with Crippen LogP contribution in [0.2, 0.25) is 0 Å². The molecule has 5 nitrogen and oxygen atoms in total. The number of anilines is 1. The maximum atomic E-state index is 12.5. The summed E-state index contributed by atoms with van der Waals surface area (Å²) in [4.78, 5) is 25.4. The van der Waals surface area contributed by atoms with Crippen LogP contribution in [-0.2, 0) is 4.79 Å². The summed E-state index contributed by atoms with van der Waals surface area (Å²) in [5.74, 6) is -0.120. The predicted molar refractivity (Wildman–Crippen MR) is 100 cm³/mol. The molecule has 2 rings (SSSR count). The standard InChI is InChI=1S/C20H25N3O2/c1-14(18-11-8-12-19(13-18)22-16(3)24)21-20(25)23(4)15(2)17-9-6-5-7-10-17/h5-15H,1-4H3,(H,21,25)(H,22,24)/t14-,15+/m0/s1. The van der Waals surface area contributed by atoms with Crippen molar-refractivity contribution in [3.63, 3.8) is 0 Å². The second kappa shape index (κ2) is 8.33. The summed E-state index contributed by atoms with van der Waals surface area (Å²) in [7, 11) is 1.79. The first kappa shape index (κ1) is 18.5. The molecule has 0 unspecified atom stereocenters. The van der Waals surface area contributed by atoms with Crippen LogP contribution in [0.3, 0.4) is 0 Å². The summed E-state index contributed by atoms with van der Waals surface area (Å²) in [6.45, 7) is 5.39. The van der Waals surface area contributed by atoms with Crippen molar-refractivity contribution in [1.29, 1.82) is 0 Å². The van der Waals surface area contributed by atoms with Crippen LogP contribution in [0.1, 0.15) is 44.0 Å². The van der Waals surface area contributed by atoms with Crippen molar-refractivity contribution in [1.82, 2.24) is 10.2 Å². The zero-order valence-corrected chi connectivity index (χ0v) is 15.1. The average Bonchev–Trinajstić information content (AvgIpc) is 2.60. The maximum absolute atomic E-state index is 12.5. The second-order valence-corrected chi connectivity index (χ2v) is 6.18. The molecule has 25 heavy (non-hydrogen) atoms. The first-order valence-corrected chi connectivity index (χ1v) is 8.34. The van der Waals surface area contributed by atoms with Gasteiger partial charge in [0.2, 0.25) is 5.91 Å². The molecule has 2 aromatic carbocycles. The highest BCUT2D eigenvalue weighted by molar-refractivity contribution is 5.88. The molecule has 0 aliphatic carbocycles. The minimum Gasteiger partial charge on any atom is -0.331 e. The zero-order valence-electron chi connectivity index (χ0n) is 15.1. The summed E-state index contributed by atoms with van der Waals surface area (Å²) in [6, 6.07) is 17.0. The summed E-state index contributed by atoms with van der Waals surface area (Å²) in [5, 5.41) is 5.76. The van der Waals surface area contributed by atoms with Gasteiger partial charge in [-0.25, -0.2) is 4.79 Å². The molecule has 2 N–H and O–H groups in total. The fraction of sp³-hybridized carbons (Fsp3) is 0.300. The van der Waals surface area contributed by atoms with E-state index in [1.165, 1.54) is 6.92 Å². The van der Waals surface area contributed by atoms with Crippen LogP contribution < -0.4 is 10.6 Å². The lowest BCUT2D eigenvalue weighted by Gasteiger charge is -2.27. The zero-order chi connectivity index (χ0) is 18.4. The average molecular weight is 339 g/mol. The number of hydrogen-bond acceptors (Lipinski definition) is 2. The van der Waals surface area contributed by atoms with E-state index in [1.807, 2.05) is 68.4 Å². The molecule has 0 bridgehead atoms. The molecule has 0 heterocycles. The highest BCUT2D eigenvalue weighted by Gasteiger charge is 2.19. The molecule has 0 saturated heterocycles. The number of hydrogen-bond donors (Lipinski definition) is 2. The van der Waals surface area contributed by atoms with Crippen LogP contribution in [-0.4, -0.2) is 23.9 Å². The summed E-state index contributed by atoms with van der Waals surface area (Å²) in [6.07, 6.45) is 0. The number of nitrogens with zero attached hydrogens (tertiary/aromatic N) is 1. The Morgan fingerprint density at radius 1 is 0.960 bits per heavy atom. The topological polar surface area (TPSA) is 61.4 Å². The molecule has 5 heteroatoms. The molecule has 3 amide bonds. The van der Waals surface area contributed by atoms with Crippen LogP contribution >= 0.6 is 0 Å². The van der Waals surface area contributed by atoms with Crippen molar-refractivity contribution < 1.29 is 9.59 Å². The molecular weight excluding hydrogens is 314 g/mol. The third-order valence-corrected chi connectivity index (χ3v) is 4.23. The van der Waals surface area contributed by atoms with Crippen molar-refractivity contribution in [3.8, 4) is 0 Å². The Kier molecular flexibility index (Phi) is 6.17. The van der Waals surface area contributed by atoms with Crippen LogP contribution in [0.4, 0.5) is 10.5 Å². The van der Waals surface area contributed by atoms with E-state index in [0.717, 1.165) is 16.8 Å². The Labute approximate surface area is 149 Å². The lowest BCUT2D eigenvalue weighted by atomic mass is 10.1. The van der Waals surface area contributed by atoms with E-state index in [2.05, 4.69) is 10.6 Å². The van der Waals surface area contributed by atoms with Gasteiger partial charge >= 0.3 is 6.03 Å². The van der Waals surface area contributed by atoms with Crippen LogP contribution in [0.5, 0.6) is 0 Å². The monoisotopic (exact) mass is 339 g/mol. The van der Waals surface area contributed by atoms with E-state index >= 15 is 0 Å². The van der Waals surface area contributed by atoms with Gasteiger partial charge in [-0.15, -0.1) is 0 Å². The van der Waals surface area contributed by atoms with Gasteiger partial charge in [-0.2, -0.15) is 0 Å². The molecule has 0 aromatic heterocycles. The van der Waals surface area contributed by atoms with E-state index in [1.54, 1.807) is 11.9 Å². The van der Waals surface area contributed by atoms with Crippen LogP contribution in [0, 0.1) is 0 Å². The number of benzene rings is 2. The van der Waals surface area contributed by atoms with Gasteiger partial charge in [0.05, 0.1) is 12.1 Å². The quantitative estimate of drug-likeness (QED) is 0.861. The highest BCUT2D eigenvalue weighted by atomic mass is 16.2. The fourth-order valence-corrected chi connectivity index (χ4v) is 2.59. The predicted octanol–water partition coefficient (Wildman–Crippen LogP) is 4.11. The largest absolute Gasteiger partial charge is 0.331 e. The molecule has 0 aliphatic rings. The minimum absolute atomic E-state index is 0.0286. The normalized spacial score (nSPS) is 12.8. The maximum Gasteiger partial charge on any atom is 0.318 e. The van der Waals surface area contributed by atoms with Gasteiger partial charge in [0, 0.05) is 19.7 Å². The lowest BCUT2D eigenvalue weighted by molar-refractivity contribution is -0.114. The van der Waals surface area contributed by atoms with Crippen molar-refractivity contribution in [2.24, 2.45) is 0 Å². The number of urea groups is 1. The molecule has 0 fully saturated rings. The summed E-state index contributed by atoms with van der Waals surface area (Å²) < 4.78 is 0. The van der Waals surface area contributed by atoms with E-state index in [-0.39, 0.29) is 24.0 Å². The smallest absolute Gasteiger partial charge is 0.318 e. The Hall–Kier alpha value is -2.82. The molecule has 132 valence electrons. The van der Waals surface area contributed by atoms with Gasteiger partial charge in [-0.1, -0.05) is 42.5 Å². The third kappa shape index (κ3) is 5.08. The SMILES string of the molecule is CC(=O)Nc1cccc([C@H](C)NC(=O)N(C)[C@H](C)c2ccccc2)c1. The number of rotatable bonds is 5. The Morgan fingerprint density at radius 2 is 1.60 bits per heavy atom. The van der Waals surface area contributed by atoms with E-state index < -0.39 is 0 Å². The van der Waals surface area contributed by atoms with E-state index in [0.29, 0.717) is 0 Å². The Morgan fingerprint density at radius 3 is 2.24 bits per heavy atom. The van der Waals surface area contributed by atoms with Gasteiger partial charge in [0.25, 0.3) is 0 Å². The fourth-order valence-electron chi connectivity index (χ4n) is 2.59. The second-order valence-electron chi connectivity index (χ2n) is 6.18. The van der Waals surface area contributed by atoms with Crippen molar-refractivity contribution in [2.45, 2.75) is 32.9 Å². The molecular formula is C20H25N3O2. The summed E-state index contributed by atoms with van der Waals surface area (Å²) >= 11 is 0. The highest BCUT2D eigenvalue weighted by Crippen LogP contribution is 2.21. The molecule has 2 aromatic rings. The first-order chi connectivity index (χ1) is 11.9. The molecule has 0 aliphatic heterocycles. The number of amides is 3. The Bertz CT molecular complexity index is 731. The molecule has 0 saturated carbocycles. The van der Waals surface area contributed by atoms with Crippen LogP contribution in [0.25, 0.3) is 0 Å². The number of nitrogens with one attached hydrogen (secondary N) is 2. The van der Waals surface area contributed by atoms with Crippen LogP contribution in [0.15, 0.2) is 54.6 Å². The van der Waals surface area contributed by atoms with Gasteiger partial charge in [-0.3, -0.25) is 4.79 Å². The van der Waals surface area contributed by atoms with E-state index in [9.17, 15) is 9.59 Å². The molecule has 2 atom stereocenters. The van der Waals surface area contributed by atoms with Gasteiger partial charge in [0.15, 0.2) is 0 Å². The van der Waals surface area contributed by atoms with Gasteiger partial charge in [0.1, 0.15) is 0 Å². The molecule has 0 radical (unpaired) electrons. The van der Waals surface area contributed by atoms with Crippen molar-refractivity contribution in [2.75, 3.05) is 12.4 Å². The minimum atomic E-state index is -0.174.